The van der Waals surface area contributed by atoms with Crippen molar-refractivity contribution in [2.24, 2.45) is 0 Å². The average Bonchev–Trinajstić information content (AvgIpc) is 3.56. The van der Waals surface area contributed by atoms with Gasteiger partial charge in [-0.2, -0.15) is 0 Å². The lowest BCUT2D eigenvalue weighted by atomic mass is 9.88. The molecule has 4 aromatic carbocycles. The Kier molecular flexibility index (Phi) is 8.95. The summed E-state index contributed by atoms with van der Waals surface area (Å²) < 4.78 is 17.2. The minimum atomic E-state index is -0.145. The number of carbonyl (C=O) groups is 1. The summed E-state index contributed by atoms with van der Waals surface area (Å²) in [5.74, 6) is 1.62. The molecule has 40 heavy (non-hydrogen) atoms. The van der Waals surface area contributed by atoms with Crippen molar-refractivity contribution in [2.45, 2.75) is 25.5 Å². The van der Waals surface area contributed by atoms with Crippen LogP contribution in [0.15, 0.2) is 132 Å². The molecule has 0 fully saturated rings. The van der Waals surface area contributed by atoms with Gasteiger partial charge in [-0.1, -0.05) is 97.1 Å². The van der Waals surface area contributed by atoms with Crippen molar-refractivity contribution in [3.05, 3.63) is 156 Å². The van der Waals surface area contributed by atoms with Gasteiger partial charge >= 0.3 is 0 Å². The van der Waals surface area contributed by atoms with Crippen molar-refractivity contribution in [2.75, 3.05) is 13.7 Å². The topological polar surface area (TPSA) is 51.9 Å². The molecule has 5 aromatic rings. The van der Waals surface area contributed by atoms with E-state index in [0.717, 1.165) is 17.5 Å². The van der Waals surface area contributed by atoms with Crippen LogP contribution in [0.3, 0.4) is 0 Å². The Balaban J connectivity index is 1.36. The third kappa shape index (κ3) is 6.80. The highest BCUT2D eigenvalue weighted by Gasteiger charge is 2.22. The SMILES string of the molecule is COc1cc(CN(CCC(c2ccccc2)c2ccccc2)C(=O)c2ccco2)ccc1OCc1ccccc1. The summed E-state index contributed by atoms with van der Waals surface area (Å²) >= 11 is 0. The molecule has 0 atom stereocenters. The Morgan fingerprint density at radius 2 is 1.40 bits per heavy atom. The number of hydrogen-bond acceptors (Lipinski definition) is 4. The summed E-state index contributed by atoms with van der Waals surface area (Å²) in [4.78, 5) is 15.4. The zero-order valence-corrected chi connectivity index (χ0v) is 22.6. The standard InChI is InChI=1S/C35H33NO4/c1-38-34-24-28(19-20-32(34)40-26-27-12-5-2-6-13-27)25-36(35(37)33-18-11-23-39-33)22-21-31(29-14-7-3-8-15-29)30-16-9-4-10-17-30/h2-20,23-24,31H,21-22,25-26H2,1H3. The first kappa shape index (κ1) is 26.8. The zero-order valence-electron chi connectivity index (χ0n) is 22.6. The van der Waals surface area contributed by atoms with E-state index in [0.29, 0.717) is 37.0 Å². The number of rotatable bonds is 12. The van der Waals surface area contributed by atoms with Crippen LogP contribution in [0.1, 0.15) is 45.1 Å². The van der Waals surface area contributed by atoms with Gasteiger partial charge in [0.15, 0.2) is 17.3 Å². The summed E-state index contributed by atoms with van der Waals surface area (Å²) in [5, 5.41) is 0. The molecular formula is C35H33NO4. The molecule has 5 rings (SSSR count). The molecule has 5 nitrogen and oxygen atoms in total. The van der Waals surface area contributed by atoms with E-state index in [4.69, 9.17) is 13.9 Å². The van der Waals surface area contributed by atoms with Crippen molar-refractivity contribution in [1.82, 2.24) is 4.90 Å². The fourth-order valence-electron chi connectivity index (χ4n) is 4.88. The van der Waals surface area contributed by atoms with Gasteiger partial charge in [0.1, 0.15) is 6.61 Å². The van der Waals surface area contributed by atoms with Crippen molar-refractivity contribution in [1.29, 1.82) is 0 Å². The van der Waals surface area contributed by atoms with Gasteiger partial charge in [0, 0.05) is 19.0 Å². The molecule has 0 N–H and O–H groups in total. The van der Waals surface area contributed by atoms with Crippen LogP contribution < -0.4 is 9.47 Å². The Labute approximate surface area is 235 Å². The molecule has 0 aliphatic carbocycles. The number of nitrogens with zero attached hydrogens (tertiary/aromatic N) is 1. The number of hydrogen-bond donors (Lipinski definition) is 0. The molecule has 202 valence electrons. The lowest BCUT2D eigenvalue weighted by Gasteiger charge is -2.26. The zero-order chi connectivity index (χ0) is 27.6. The van der Waals surface area contributed by atoms with Gasteiger partial charge in [0.05, 0.1) is 13.4 Å². The molecule has 1 amide bonds. The van der Waals surface area contributed by atoms with E-state index < -0.39 is 0 Å². The van der Waals surface area contributed by atoms with Gasteiger partial charge in [-0.3, -0.25) is 4.79 Å². The number of carbonyl (C=O) groups excluding carboxylic acids is 1. The molecular weight excluding hydrogens is 498 g/mol. The minimum Gasteiger partial charge on any atom is -0.493 e. The summed E-state index contributed by atoms with van der Waals surface area (Å²) in [6, 6.07) is 40.2. The molecule has 0 saturated carbocycles. The smallest absolute Gasteiger partial charge is 0.289 e. The largest absolute Gasteiger partial charge is 0.493 e. The lowest BCUT2D eigenvalue weighted by molar-refractivity contribution is 0.0707. The molecule has 0 saturated heterocycles. The lowest BCUT2D eigenvalue weighted by Crippen LogP contribution is -2.32. The molecule has 0 spiro atoms. The maximum absolute atomic E-state index is 13.6. The first-order valence-corrected chi connectivity index (χ1v) is 13.5. The Morgan fingerprint density at radius 3 is 2.00 bits per heavy atom. The summed E-state index contributed by atoms with van der Waals surface area (Å²) in [5.41, 5.74) is 4.47. The number of methoxy groups -OCH3 is 1. The Morgan fingerprint density at radius 1 is 0.750 bits per heavy atom. The number of benzene rings is 4. The van der Waals surface area contributed by atoms with Gasteiger partial charge in [-0.15, -0.1) is 0 Å². The molecule has 1 heterocycles. The van der Waals surface area contributed by atoms with Crippen LogP contribution in [0.25, 0.3) is 0 Å². The van der Waals surface area contributed by atoms with E-state index in [1.807, 2.05) is 65.6 Å². The van der Waals surface area contributed by atoms with E-state index in [9.17, 15) is 4.79 Å². The highest BCUT2D eigenvalue weighted by atomic mass is 16.5. The molecule has 5 heteroatoms. The minimum absolute atomic E-state index is 0.145. The third-order valence-corrected chi connectivity index (χ3v) is 6.95. The van der Waals surface area contributed by atoms with Gasteiger partial charge in [0.2, 0.25) is 0 Å². The highest BCUT2D eigenvalue weighted by molar-refractivity contribution is 5.91. The maximum Gasteiger partial charge on any atom is 0.289 e. The van der Waals surface area contributed by atoms with Crippen molar-refractivity contribution in [3.8, 4) is 11.5 Å². The number of amides is 1. The first-order chi connectivity index (χ1) is 19.7. The van der Waals surface area contributed by atoms with Gasteiger partial charge in [-0.25, -0.2) is 0 Å². The molecule has 0 aliphatic heterocycles. The second-order valence-electron chi connectivity index (χ2n) is 9.63. The first-order valence-electron chi connectivity index (χ1n) is 13.5. The van der Waals surface area contributed by atoms with Crippen LogP contribution in [0, 0.1) is 0 Å². The third-order valence-electron chi connectivity index (χ3n) is 6.95. The van der Waals surface area contributed by atoms with Gasteiger partial charge in [-0.05, 0) is 52.9 Å². The number of furan rings is 1. The van der Waals surface area contributed by atoms with Crippen LogP contribution in [0.5, 0.6) is 11.5 Å². The Bertz CT molecular complexity index is 1430. The van der Waals surface area contributed by atoms with Crippen molar-refractivity contribution in [3.63, 3.8) is 0 Å². The molecule has 0 bridgehead atoms. The normalized spacial score (nSPS) is 10.8. The summed E-state index contributed by atoms with van der Waals surface area (Å²) in [6.45, 7) is 1.40. The van der Waals surface area contributed by atoms with Crippen LogP contribution in [0.2, 0.25) is 0 Å². The van der Waals surface area contributed by atoms with E-state index in [1.54, 1.807) is 19.2 Å². The fourth-order valence-corrected chi connectivity index (χ4v) is 4.88. The van der Waals surface area contributed by atoms with Crippen LogP contribution in [-0.2, 0) is 13.2 Å². The van der Waals surface area contributed by atoms with Crippen LogP contribution in [-0.4, -0.2) is 24.5 Å². The predicted octanol–water partition coefficient (Wildman–Crippen LogP) is 7.73. The molecule has 1 aromatic heterocycles. The van der Waals surface area contributed by atoms with E-state index in [-0.39, 0.29) is 11.8 Å². The maximum atomic E-state index is 13.6. The van der Waals surface area contributed by atoms with Gasteiger partial charge < -0.3 is 18.8 Å². The molecule has 0 unspecified atom stereocenters. The van der Waals surface area contributed by atoms with Crippen molar-refractivity contribution >= 4 is 5.91 Å². The van der Waals surface area contributed by atoms with E-state index in [1.165, 1.54) is 17.4 Å². The average molecular weight is 532 g/mol. The molecule has 0 radical (unpaired) electrons. The molecule has 0 aliphatic rings. The van der Waals surface area contributed by atoms with E-state index in [2.05, 4.69) is 48.5 Å². The fraction of sp³-hybridized carbons (Fsp3) is 0.171. The van der Waals surface area contributed by atoms with Gasteiger partial charge in [0.25, 0.3) is 5.91 Å². The number of ether oxygens (including phenoxy) is 2. The Hall–Kier alpha value is -4.77. The van der Waals surface area contributed by atoms with E-state index >= 15 is 0 Å². The monoisotopic (exact) mass is 531 g/mol. The van der Waals surface area contributed by atoms with Crippen molar-refractivity contribution < 1.29 is 18.7 Å². The summed E-state index contributed by atoms with van der Waals surface area (Å²) in [6.07, 6.45) is 2.29. The predicted molar refractivity (Wildman–Crippen MR) is 157 cm³/mol. The highest BCUT2D eigenvalue weighted by Crippen LogP contribution is 2.31. The second kappa shape index (κ2) is 13.3. The quantitative estimate of drug-likeness (QED) is 0.165. The van der Waals surface area contributed by atoms with Crippen LogP contribution in [0.4, 0.5) is 0 Å². The second-order valence-corrected chi connectivity index (χ2v) is 9.63. The summed E-state index contributed by atoms with van der Waals surface area (Å²) in [7, 11) is 1.63. The van der Waals surface area contributed by atoms with Crippen LogP contribution >= 0.6 is 0 Å².